The van der Waals surface area contributed by atoms with Crippen LogP contribution in [0, 0.1) is 5.92 Å². The minimum absolute atomic E-state index is 0.0461. The Kier molecular flexibility index (Phi) is 8.17. The average molecular weight is 458 g/mol. The number of hydrogen-bond donors (Lipinski definition) is 3. The lowest BCUT2D eigenvalue weighted by Gasteiger charge is -2.53. The summed E-state index contributed by atoms with van der Waals surface area (Å²) in [5.41, 5.74) is 10.8. The predicted molar refractivity (Wildman–Crippen MR) is 133 cm³/mol. The molecule has 7 heteroatoms. The van der Waals surface area contributed by atoms with E-state index in [9.17, 15) is 0 Å². The van der Waals surface area contributed by atoms with Gasteiger partial charge in [-0.2, -0.15) is 0 Å². The SMILES string of the molecule is CNC1N(C)C(N)C2=C(CCCC2)N1C1CCC(CNCc2cc(OC)cc(OC)c2)CC1. The Labute approximate surface area is 199 Å². The molecule has 184 valence electrons. The van der Waals surface area contributed by atoms with Crippen molar-refractivity contribution in [3.8, 4) is 11.5 Å². The van der Waals surface area contributed by atoms with Crippen molar-refractivity contribution in [1.29, 1.82) is 0 Å². The van der Waals surface area contributed by atoms with Gasteiger partial charge in [-0.1, -0.05) is 0 Å². The molecule has 1 saturated carbocycles. The quantitative estimate of drug-likeness (QED) is 0.553. The van der Waals surface area contributed by atoms with Gasteiger partial charge in [-0.05, 0) is 101 Å². The number of ether oxygens (including phenoxy) is 2. The number of nitrogens with one attached hydrogen (secondary N) is 2. The first-order valence-corrected chi connectivity index (χ1v) is 12.6. The van der Waals surface area contributed by atoms with Crippen molar-refractivity contribution in [2.45, 2.75) is 76.4 Å². The zero-order chi connectivity index (χ0) is 23.4. The fraction of sp³-hybridized carbons (Fsp3) is 0.692. The van der Waals surface area contributed by atoms with E-state index in [1.807, 2.05) is 6.07 Å². The van der Waals surface area contributed by atoms with Crippen molar-refractivity contribution < 1.29 is 9.47 Å². The number of likely N-dealkylation sites (N-methyl/N-ethyl adjacent to an activating group) is 1. The molecular formula is C26H43N5O2. The molecule has 0 saturated heterocycles. The van der Waals surface area contributed by atoms with Crippen LogP contribution in [-0.2, 0) is 6.54 Å². The maximum absolute atomic E-state index is 6.63. The summed E-state index contributed by atoms with van der Waals surface area (Å²) >= 11 is 0. The summed E-state index contributed by atoms with van der Waals surface area (Å²) < 4.78 is 10.8. The minimum atomic E-state index is 0.0461. The van der Waals surface area contributed by atoms with E-state index < -0.39 is 0 Å². The van der Waals surface area contributed by atoms with Crippen molar-refractivity contribution >= 4 is 0 Å². The third-order valence-corrected chi connectivity index (χ3v) is 7.88. The summed E-state index contributed by atoms with van der Waals surface area (Å²) in [6, 6.07) is 6.68. The summed E-state index contributed by atoms with van der Waals surface area (Å²) in [5, 5.41) is 7.23. The maximum atomic E-state index is 6.63. The topological polar surface area (TPSA) is 75.0 Å². The third kappa shape index (κ3) is 5.32. The highest BCUT2D eigenvalue weighted by Crippen LogP contribution is 2.40. The number of hydrogen-bond acceptors (Lipinski definition) is 7. The van der Waals surface area contributed by atoms with Crippen LogP contribution in [-0.4, -0.2) is 63.2 Å². The molecule has 1 aliphatic heterocycles. The van der Waals surface area contributed by atoms with Crippen LogP contribution < -0.4 is 25.8 Å². The second-order valence-corrected chi connectivity index (χ2v) is 9.89. The molecule has 4 rings (SSSR count). The summed E-state index contributed by atoms with van der Waals surface area (Å²) in [4.78, 5) is 5.02. The monoisotopic (exact) mass is 457 g/mol. The van der Waals surface area contributed by atoms with Gasteiger partial charge in [-0.3, -0.25) is 10.2 Å². The smallest absolute Gasteiger partial charge is 0.138 e. The minimum Gasteiger partial charge on any atom is -0.497 e. The van der Waals surface area contributed by atoms with Crippen molar-refractivity contribution in [3.05, 3.63) is 35.0 Å². The van der Waals surface area contributed by atoms with Gasteiger partial charge in [0.2, 0.25) is 0 Å². The molecule has 0 radical (unpaired) electrons. The van der Waals surface area contributed by atoms with Gasteiger partial charge in [0.05, 0.1) is 20.4 Å². The first-order valence-electron chi connectivity index (χ1n) is 12.6. The molecule has 0 bridgehead atoms. The zero-order valence-electron chi connectivity index (χ0n) is 20.9. The van der Waals surface area contributed by atoms with Crippen molar-refractivity contribution in [1.82, 2.24) is 20.4 Å². The van der Waals surface area contributed by atoms with E-state index in [-0.39, 0.29) is 12.5 Å². The van der Waals surface area contributed by atoms with Gasteiger partial charge in [-0.25, -0.2) is 0 Å². The Balaban J connectivity index is 1.33. The zero-order valence-corrected chi connectivity index (χ0v) is 20.9. The summed E-state index contributed by atoms with van der Waals surface area (Å²) in [5.74, 6) is 2.41. The highest BCUT2D eigenvalue weighted by molar-refractivity contribution is 5.38. The lowest BCUT2D eigenvalue weighted by molar-refractivity contribution is -0.0201. The molecule has 1 heterocycles. The number of nitrogens with zero attached hydrogens (tertiary/aromatic N) is 2. The molecule has 1 aromatic carbocycles. The molecule has 3 aliphatic rings. The van der Waals surface area contributed by atoms with Crippen LogP contribution in [0.15, 0.2) is 29.5 Å². The summed E-state index contributed by atoms with van der Waals surface area (Å²) in [6.45, 7) is 1.89. The highest BCUT2D eigenvalue weighted by Gasteiger charge is 2.41. The highest BCUT2D eigenvalue weighted by atomic mass is 16.5. The second-order valence-electron chi connectivity index (χ2n) is 9.89. The van der Waals surface area contributed by atoms with Crippen molar-refractivity contribution in [2.24, 2.45) is 11.7 Å². The molecule has 1 fully saturated rings. The van der Waals surface area contributed by atoms with Gasteiger partial charge < -0.3 is 25.4 Å². The van der Waals surface area contributed by atoms with E-state index in [0.29, 0.717) is 6.04 Å². The number of rotatable bonds is 8. The average Bonchev–Trinajstić information content (AvgIpc) is 2.86. The largest absolute Gasteiger partial charge is 0.497 e. The van der Waals surface area contributed by atoms with E-state index in [4.69, 9.17) is 15.2 Å². The van der Waals surface area contributed by atoms with E-state index in [1.54, 1.807) is 19.9 Å². The maximum Gasteiger partial charge on any atom is 0.138 e. The van der Waals surface area contributed by atoms with Crippen LogP contribution >= 0.6 is 0 Å². The molecule has 2 aliphatic carbocycles. The molecule has 33 heavy (non-hydrogen) atoms. The summed E-state index contributed by atoms with van der Waals surface area (Å²) in [6.07, 6.45) is 10.2. The van der Waals surface area contributed by atoms with Gasteiger partial charge >= 0.3 is 0 Å². The first-order chi connectivity index (χ1) is 16.0. The number of methoxy groups -OCH3 is 2. The van der Waals surface area contributed by atoms with Gasteiger partial charge in [0.1, 0.15) is 17.8 Å². The molecule has 0 spiro atoms. The molecule has 2 unspecified atom stereocenters. The fourth-order valence-electron chi connectivity index (χ4n) is 6.05. The Morgan fingerprint density at radius 1 is 1.00 bits per heavy atom. The van der Waals surface area contributed by atoms with E-state index >= 15 is 0 Å². The van der Waals surface area contributed by atoms with Gasteiger partial charge in [-0.15, -0.1) is 0 Å². The molecular weight excluding hydrogens is 414 g/mol. The van der Waals surface area contributed by atoms with Crippen molar-refractivity contribution in [3.63, 3.8) is 0 Å². The predicted octanol–water partition coefficient (Wildman–Crippen LogP) is 3.22. The normalized spacial score (nSPS) is 28.6. The Morgan fingerprint density at radius 3 is 2.30 bits per heavy atom. The standard InChI is InChI=1S/C26H43N5O2/c1-28-26-30(2)25(27)23-7-5-6-8-24(23)31(26)20-11-9-18(10-12-20)16-29-17-19-13-21(32-3)15-22(14-19)33-4/h13-15,18,20,25-26,28-29H,5-12,16-17,27H2,1-4H3. The van der Waals surface area contributed by atoms with Crippen LogP contribution in [0.3, 0.4) is 0 Å². The van der Waals surface area contributed by atoms with Gasteiger partial charge in [0.25, 0.3) is 0 Å². The third-order valence-electron chi connectivity index (χ3n) is 7.88. The van der Waals surface area contributed by atoms with E-state index in [0.717, 1.165) is 36.9 Å². The van der Waals surface area contributed by atoms with Crippen LogP contribution in [0.4, 0.5) is 0 Å². The van der Waals surface area contributed by atoms with Crippen LogP contribution in [0.1, 0.15) is 56.9 Å². The molecule has 0 aromatic heterocycles. The molecule has 0 amide bonds. The first kappa shape index (κ1) is 24.3. The van der Waals surface area contributed by atoms with E-state index in [2.05, 4.69) is 46.7 Å². The molecule has 1 aromatic rings. The van der Waals surface area contributed by atoms with Gasteiger partial charge in [0, 0.05) is 24.4 Å². The fourth-order valence-corrected chi connectivity index (χ4v) is 6.05. The van der Waals surface area contributed by atoms with Crippen LogP contribution in [0.5, 0.6) is 11.5 Å². The number of benzene rings is 1. The van der Waals surface area contributed by atoms with E-state index in [1.165, 1.54) is 56.1 Å². The van der Waals surface area contributed by atoms with Crippen LogP contribution in [0.25, 0.3) is 0 Å². The summed E-state index contributed by atoms with van der Waals surface area (Å²) in [7, 11) is 7.63. The Hall–Kier alpha value is -1.80. The Bertz CT molecular complexity index is 799. The van der Waals surface area contributed by atoms with Gasteiger partial charge in [0.15, 0.2) is 0 Å². The number of nitrogens with two attached hydrogens (primary N) is 1. The van der Waals surface area contributed by atoms with Crippen molar-refractivity contribution in [2.75, 3.05) is 34.9 Å². The lowest BCUT2D eigenvalue weighted by Crippen LogP contribution is -2.65. The lowest BCUT2D eigenvalue weighted by atomic mass is 9.83. The molecule has 4 N–H and O–H groups in total. The molecule has 2 atom stereocenters. The molecule has 7 nitrogen and oxygen atoms in total. The Morgan fingerprint density at radius 2 is 1.67 bits per heavy atom. The second kappa shape index (κ2) is 11.1. The van der Waals surface area contributed by atoms with Crippen LogP contribution in [0.2, 0.25) is 0 Å². The number of allylic oxidation sites excluding steroid dienone is 1.